The van der Waals surface area contributed by atoms with Gasteiger partial charge in [-0.25, -0.2) is 0 Å². The van der Waals surface area contributed by atoms with Gasteiger partial charge in [-0.05, 0) is 44.5 Å². The molecule has 0 spiro atoms. The third kappa shape index (κ3) is 2.56. The lowest BCUT2D eigenvalue weighted by atomic mass is 9.80. The monoisotopic (exact) mass is 267 g/mol. The van der Waals surface area contributed by atoms with Crippen molar-refractivity contribution in [3.05, 3.63) is 34.9 Å². The number of hydrogen-bond donors (Lipinski definition) is 1. The smallest absolute Gasteiger partial charge is 0.0600 e. The quantitative estimate of drug-likeness (QED) is 0.902. The van der Waals surface area contributed by atoms with E-state index >= 15 is 0 Å². The van der Waals surface area contributed by atoms with Gasteiger partial charge in [-0.15, -0.1) is 0 Å². The second-order valence-electron chi connectivity index (χ2n) is 5.30. The van der Waals surface area contributed by atoms with Crippen molar-refractivity contribution in [1.82, 2.24) is 5.32 Å². The molecule has 3 heteroatoms. The highest BCUT2D eigenvalue weighted by atomic mass is 35.5. The summed E-state index contributed by atoms with van der Waals surface area (Å²) in [4.78, 5) is 0. The van der Waals surface area contributed by atoms with Gasteiger partial charge in [-0.3, -0.25) is 0 Å². The normalized spacial score (nSPS) is 33.6. The highest BCUT2D eigenvalue weighted by Crippen LogP contribution is 2.40. The summed E-state index contributed by atoms with van der Waals surface area (Å²) in [7, 11) is 2.02. The summed E-state index contributed by atoms with van der Waals surface area (Å²) in [6.07, 6.45) is 0.608. The SMILES string of the molecule is CNC(c1ccc(Cl)cc1)C1C(C)OC(C)C1C. The van der Waals surface area contributed by atoms with E-state index in [0.717, 1.165) is 5.02 Å². The first kappa shape index (κ1) is 13.9. The van der Waals surface area contributed by atoms with Crippen LogP contribution in [0.25, 0.3) is 0 Å². The van der Waals surface area contributed by atoms with Gasteiger partial charge in [-0.2, -0.15) is 0 Å². The van der Waals surface area contributed by atoms with Crippen molar-refractivity contribution in [1.29, 1.82) is 0 Å². The Kier molecular flexibility index (Phi) is 4.31. The molecule has 5 unspecified atom stereocenters. The number of hydrogen-bond acceptors (Lipinski definition) is 2. The third-order valence-electron chi connectivity index (χ3n) is 4.24. The highest BCUT2D eigenvalue weighted by Gasteiger charge is 2.41. The lowest BCUT2D eigenvalue weighted by molar-refractivity contribution is 0.0478. The molecule has 0 aromatic heterocycles. The lowest BCUT2D eigenvalue weighted by Crippen LogP contribution is -2.33. The van der Waals surface area contributed by atoms with Crippen LogP contribution in [-0.4, -0.2) is 19.3 Å². The maximum Gasteiger partial charge on any atom is 0.0600 e. The van der Waals surface area contributed by atoms with Crippen LogP contribution >= 0.6 is 11.6 Å². The molecule has 100 valence electrons. The van der Waals surface area contributed by atoms with Crippen LogP contribution in [0.3, 0.4) is 0 Å². The minimum atomic E-state index is 0.281. The van der Waals surface area contributed by atoms with Crippen LogP contribution in [-0.2, 0) is 4.74 Å². The second kappa shape index (κ2) is 5.60. The standard InChI is InChI=1S/C15H22ClNO/c1-9-10(2)18-11(3)14(9)15(17-4)12-5-7-13(16)8-6-12/h5-11,14-15,17H,1-4H3. The average Bonchev–Trinajstić information content (AvgIpc) is 2.59. The average molecular weight is 268 g/mol. The Morgan fingerprint density at radius 3 is 2.17 bits per heavy atom. The molecule has 1 N–H and O–H groups in total. The molecular weight excluding hydrogens is 246 g/mol. The van der Waals surface area contributed by atoms with E-state index < -0.39 is 0 Å². The van der Waals surface area contributed by atoms with Gasteiger partial charge in [0.2, 0.25) is 0 Å². The molecule has 0 bridgehead atoms. The molecular formula is C15H22ClNO. The van der Waals surface area contributed by atoms with E-state index in [1.807, 2.05) is 19.2 Å². The van der Waals surface area contributed by atoms with Gasteiger partial charge in [0.05, 0.1) is 12.2 Å². The molecule has 2 nitrogen and oxygen atoms in total. The van der Waals surface area contributed by atoms with Crippen LogP contribution in [0.1, 0.15) is 32.4 Å². The van der Waals surface area contributed by atoms with E-state index in [9.17, 15) is 0 Å². The molecule has 1 aromatic rings. The third-order valence-corrected chi connectivity index (χ3v) is 4.50. The fourth-order valence-electron chi connectivity index (χ4n) is 3.12. The molecule has 18 heavy (non-hydrogen) atoms. The number of rotatable bonds is 3. The molecule has 2 rings (SSSR count). The van der Waals surface area contributed by atoms with E-state index in [2.05, 4.69) is 38.2 Å². The van der Waals surface area contributed by atoms with E-state index in [-0.39, 0.29) is 6.10 Å². The Labute approximate surface area is 115 Å². The molecule has 1 fully saturated rings. The van der Waals surface area contributed by atoms with E-state index in [1.54, 1.807) is 0 Å². The summed E-state index contributed by atoms with van der Waals surface area (Å²) in [6.45, 7) is 6.61. The number of benzene rings is 1. The van der Waals surface area contributed by atoms with Crippen LogP contribution < -0.4 is 5.32 Å². The molecule has 1 aliphatic rings. The van der Waals surface area contributed by atoms with Crippen molar-refractivity contribution < 1.29 is 4.74 Å². The first-order valence-corrected chi connectivity index (χ1v) is 7.00. The van der Waals surface area contributed by atoms with Gasteiger partial charge in [0.1, 0.15) is 0 Å². The minimum Gasteiger partial charge on any atom is -0.375 e. The van der Waals surface area contributed by atoms with Crippen LogP contribution in [0.2, 0.25) is 5.02 Å². The molecule has 0 saturated carbocycles. The Morgan fingerprint density at radius 1 is 1.11 bits per heavy atom. The number of nitrogens with one attached hydrogen (secondary N) is 1. The predicted molar refractivity (Wildman–Crippen MR) is 75.9 cm³/mol. The van der Waals surface area contributed by atoms with Gasteiger partial charge in [0, 0.05) is 17.0 Å². The predicted octanol–water partition coefficient (Wildman–Crippen LogP) is 3.66. The van der Waals surface area contributed by atoms with E-state index in [0.29, 0.717) is 24.0 Å². The zero-order valence-corrected chi connectivity index (χ0v) is 12.2. The van der Waals surface area contributed by atoms with Gasteiger partial charge in [0.25, 0.3) is 0 Å². The van der Waals surface area contributed by atoms with Crippen molar-refractivity contribution in [2.75, 3.05) is 7.05 Å². The summed E-state index contributed by atoms with van der Waals surface area (Å²) in [6, 6.07) is 8.43. The molecule has 1 aliphatic heterocycles. The lowest BCUT2D eigenvalue weighted by Gasteiger charge is -2.29. The second-order valence-corrected chi connectivity index (χ2v) is 5.74. The van der Waals surface area contributed by atoms with E-state index in [4.69, 9.17) is 16.3 Å². The minimum absolute atomic E-state index is 0.281. The first-order valence-electron chi connectivity index (χ1n) is 6.62. The molecule has 0 aliphatic carbocycles. The molecule has 1 heterocycles. The Morgan fingerprint density at radius 2 is 1.72 bits per heavy atom. The summed E-state index contributed by atoms with van der Waals surface area (Å²) >= 11 is 5.95. The summed E-state index contributed by atoms with van der Waals surface area (Å²) in [5.74, 6) is 1.04. The fraction of sp³-hybridized carbons (Fsp3) is 0.600. The zero-order valence-electron chi connectivity index (χ0n) is 11.5. The summed E-state index contributed by atoms with van der Waals surface area (Å²) in [5.41, 5.74) is 1.28. The van der Waals surface area contributed by atoms with Gasteiger partial charge >= 0.3 is 0 Å². The number of halogens is 1. The number of ether oxygens (including phenoxy) is 1. The van der Waals surface area contributed by atoms with Crippen LogP contribution in [0, 0.1) is 11.8 Å². The maximum absolute atomic E-state index is 5.95. The van der Waals surface area contributed by atoms with Gasteiger partial charge in [0.15, 0.2) is 0 Å². The largest absolute Gasteiger partial charge is 0.375 e. The van der Waals surface area contributed by atoms with Crippen molar-refractivity contribution >= 4 is 11.6 Å². The van der Waals surface area contributed by atoms with Crippen LogP contribution in [0.4, 0.5) is 0 Å². The van der Waals surface area contributed by atoms with Crippen molar-refractivity contribution in [3.8, 4) is 0 Å². The Hall–Kier alpha value is -0.570. The first-order chi connectivity index (χ1) is 8.54. The molecule has 1 saturated heterocycles. The molecule has 5 atom stereocenters. The van der Waals surface area contributed by atoms with Gasteiger partial charge < -0.3 is 10.1 Å². The Balaban J connectivity index is 2.25. The summed E-state index contributed by atoms with van der Waals surface area (Å²) < 4.78 is 5.95. The van der Waals surface area contributed by atoms with Crippen molar-refractivity contribution in [3.63, 3.8) is 0 Å². The van der Waals surface area contributed by atoms with Crippen LogP contribution in [0.15, 0.2) is 24.3 Å². The van der Waals surface area contributed by atoms with Crippen molar-refractivity contribution in [2.24, 2.45) is 11.8 Å². The summed E-state index contributed by atoms with van der Waals surface area (Å²) in [5, 5.41) is 4.22. The maximum atomic E-state index is 5.95. The molecule has 1 aromatic carbocycles. The van der Waals surface area contributed by atoms with E-state index in [1.165, 1.54) is 5.56 Å². The molecule has 0 amide bonds. The highest BCUT2D eigenvalue weighted by molar-refractivity contribution is 6.30. The van der Waals surface area contributed by atoms with Crippen molar-refractivity contribution in [2.45, 2.75) is 39.0 Å². The Bertz CT molecular complexity index is 392. The fourth-order valence-corrected chi connectivity index (χ4v) is 3.25. The zero-order chi connectivity index (χ0) is 13.3. The van der Waals surface area contributed by atoms with Gasteiger partial charge in [-0.1, -0.05) is 30.7 Å². The topological polar surface area (TPSA) is 21.3 Å². The van der Waals surface area contributed by atoms with Crippen LogP contribution in [0.5, 0.6) is 0 Å². The molecule has 0 radical (unpaired) electrons.